The summed E-state index contributed by atoms with van der Waals surface area (Å²) in [6.45, 7) is 0. The third-order valence-electron chi connectivity index (χ3n) is 5.21. The molecule has 0 saturated heterocycles. The average Bonchev–Trinajstić information content (AvgIpc) is 3.08. The van der Waals surface area contributed by atoms with Gasteiger partial charge in [-0.1, -0.05) is 72.8 Å². The molecule has 1 unspecified atom stereocenters. The maximum atomic E-state index is 6.65. The van der Waals surface area contributed by atoms with Crippen LogP contribution in [0.25, 0.3) is 32.9 Å². The smallest absolute Gasteiger partial charge is 0.230 e. The molecule has 4 aromatic carbocycles. The van der Waals surface area contributed by atoms with Crippen molar-refractivity contribution in [2.75, 3.05) is 0 Å². The van der Waals surface area contributed by atoms with Gasteiger partial charge in [0.1, 0.15) is 5.75 Å². The van der Waals surface area contributed by atoms with Crippen LogP contribution in [-0.2, 0) is 0 Å². The zero-order chi connectivity index (χ0) is 17.8. The van der Waals surface area contributed by atoms with Crippen molar-refractivity contribution in [1.82, 2.24) is 4.34 Å². The van der Waals surface area contributed by atoms with Gasteiger partial charge in [-0.15, -0.1) is 0 Å². The molecule has 0 saturated carbocycles. The highest BCUT2D eigenvalue weighted by atomic mass is 31.2. The number of fused-ring (bicyclic) bond motifs is 6. The van der Waals surface area contributed by atoms with Crippen molar-refractivity contribution in [3.8, 4) is 16.9 Å². The first kappa shape index (κ1) is 15.0. The van der Waals surface area contributed by atoms with E-state index in [1.165, 1.54) is 38.2 Å². The van der Waals surface area contributed by atoms with E-state index < -0.39 is 8.30 Å². The van der Waals surface area contributed by atoms with E-state index in [4.69, 9.17) is 4.52 Å². The van der Waals surface area contributed by atoms with E-state index in [1.807, 2.05) is 6.07 Å². The van der Waals surface area contributed by atoms with Crippen LogP contribution in [0.5, 0.6) is 5.75 Å². The lowest BCUT2D eigenvalue weighted by Crippen LogP contribution is -2.18. The van der Waals surface area contributed by atoms with Gasteiger partial charge in [-0.2, -0.15) is 0 Å². The molecule has 0 spiro atoms. The van der Waals surface area contributed by atoms with Crippen LogP contribution in [0.15, 0.2) is 97.1 Å². The van der Waals surface area contributed by atoms with Crippen molar-refractivity contribution in [3.63, 3.8) is 0 Å². The molecule has 2 nitrogen and oxygen atoms in total. The number of rotatable bonds is 1. The molecular formula is C24H16NOP. The Morgan fingerprint density at radius 2 is 1.11 bits per heavy atom. The van der Waals surface area contributed by atoms with Crippen molar-refractivity contribution in [1.29, 1.82) is 0 Å². The van der Waals surface area contributed by atoms with Gasteiger partial charge in [0.15, 0.2) is 0 Å². The van der Waals surface area contributed by atoms with Crippen molar-refractivity contribution in [2.24, 2.45) is 0 Å². The van der Waals surface area contributed by atoms with E-state index in [0.717, 1.165) is 5.75 Å². The fourth-order valence-corrected chi connectivity index (χ4v) is 6.12. The van der Waals surface area contributed by atoms with Crippen LogP contribution in [0, 0.1) is 0 Å². The zero-order valence-corrected chi connectivity index (χ0v) is 15.4. The van der Waals surface area contributed by atoms with Crippen molar-refractivity contribution < 1.29 is 4.52 Å². The minimum Gasteiger partial charge on any atom is -0.448 e. The fourth-order valence-electron chi connectivity index (χ4n) is 4.03. The first-order chi connectivity index (χ1) is 13.4. The molecule has 1 aliphatic heterocycles. The molecule has 5 aromatic rings. The fraction of sp³-hybridized carbons (Fsp3) is 0. The van der Waals surface area contributed by atoms with Gasteiger partial charge in [0.2, 0.25) is 8.30 Å². The van der Waals surface area contributed by atoms with Crippen LogP contribution in [0.3, 0.4) is 0 Å². The monoisotopic (exact) mass is 365 g/mol. The molecular weight excluding hydrogens is 349 g/mol. The summed E-state index contributed by atoms with van der Waals surface area (Å²) in [4.78, 5) is 0. The molecule has 0 fully saturated rings. The average molecular weight is 365 g/mol. The number of nitrogens with zero attached hydrogens (tertiary/aromatic N) is 1. The summed E-state index contributed by atoms with van der Waals surface area (Å²) in [7, 11) is -1.02. The number of aromatic nitrogens is 1. The van der Waals surface area contributed by atoms with E-state index >= 15 is 0 Å². The third kappa shape index (κ3) is 2.11. The van der Waals surface area contributed by atoms with Crippen LogP contribution in [-0.4, -0.2) is 4.34 Å². The van der Waals surface area contributed by atoms with Crippen LogP contribution in [0.2, 0.25) is 0 Å². The van der Waals surface area contributed by atoms with Crippen molar-refractivity contribution in [2.45, 2.75) is 0 Å². The summed E-state index contributed by atoms with van der Waals surface area (Å²) >= 11 is 0. The van der Waals surface area contributed by atoms with Gasteiger partial charge in [-0.3, -0.25) is 4.34 Å². The summed E-state index contributed by atoms with van der Waals surface area (Å²) in [6.07, 6.45) is 0. The Bertz CT molecular complexity index is 1270. The second kappa shape index (κ2) is 5.70. The number of hydrogen-bond donors (Lipinski definition) is 0. The van der Waals surface area contributed by atoms with Gasteiger partial charge in [0, 0.05) is 21.6 Å². The SMILES string of the molecule is c1ccc2c(c1)OP(n1c3ccccc3c3ccccc31)c1ccccc1-2. The van der Waals surface area contributed by atoms with Gasteiger partial charge < -0.3 is 4.52 Å². The molecule has 0 N–H and O–H groups in total. The van der Waals surface area contributed by atoms with E-state index in [2.05, 4.69) is 95.3 Å². The lowest BCUT2D eigenvalue weighted by Gasteiger charge is -2.29. The van der Waals surface area contributed by atoms with Gasteiger partial charge in [-0.25, -0.2) is 0 Å². The van der Waals surface area contributed by atoms with Gasteiger partial charge >= 0.3 is 0 Å². The second-order valence-electron chi connectivity index (χ2n) is 6.72. The molecule has 6 rings (SSSR count). The highest BCUT2D eigenvalue weighted by Gasteiger charge is 2.30. The van der Waals surface area contributed by atoms with E-state index in [0.29, 0.717) is 0 Å². The minimum absolute atomic E-state index is 0.962. The summed E-state index contributed by atoms with van der Waals surface area (Å²) in [5.41, 5.74) is 4.89. The third-order valence-corrected chi connectivity index (χ3v) is 7.17. The Balaban J connectivity index is 1.71. The summed E-state index contributed by atoms with van der Waals surface area (Å²) in [6, 6.07) is 34.2. The zero-order valence-electron chi connectivity index (χ0n) is 14.5. The molecule has 0 bridgehead atoms. The molecule has 27 heavy (non-hydrogen) atoms. The lowest BCUT2D eigenvalue weighted by molar-refractivity contribution is 0.614. The standard InChI is InChI=1S/C24H16NOP/c1-5-13-21-17(9-1)18-10-2-6-14-22(18)25(21)27-24-16-8-4-12-20(24)19-11-3-7-15-23(19)26-27/h1-16H. The number of hydrogen-bond acceptors (Lipinski definition) is 1. The van der Waals surface area contributed by atoms with Crippen LogP contribution in [0.4, 0.5) is 0 Å². The Hall–Kier alpha value is -3.09. The summed E-state index contributed by atoms with van der Waals surface area (Å²) in [5.74, 6) is 0.962. The highest BCUT2D eigenvalue weighted by Crippen LogP contribution is 2.52. The molecule has 1 aromatic heterocycles. The summed E-state index contributed by atoms with van der Waals surface area (Å²) < 4.78 is 9.04. The molecule has 2 heterocycles. The predicted octanol–water partition coefficient (Wildman–Crippen LogP) is 6.34. The predicted molar refractivity (Wildman–Crippen MR) is 114 cm³/mol. The number of benzene rings is 4. The molecule has 1 aliphatic rings. The Morgan fingerprint density at radius 1 is 0.556 bits per heavy atom. The molecule has 0 amide bonds. The minimum atomic E-state index is -1.02. The van der Waals surface area contributed by atoms with Crippen molar-refractivity contribution in [3.05, 3.63) is 97.1 Å². The van der Waals surface area contributed by atoms with Crippen LogP contribution < -0.4 is 9.83 Å². The lowest BCUT2D eigenvalue weighted by atomic mass is 10.0. The molecule has 128 valence electrons. The van der Waals surface area contributed by atoms with E-state index in [9.17, 15) is 0 Å². The maximum Gasteiger partial charge on any atom is 0.230 e. The van der Waals surface area contributed by atoms with Crippen LogP contribution >= 0.6 is 8.30 Å². The van der Waals surface area contributed by atoms with E-state index in [-0.39, 0.29) is 0 Å². The topological polar surface area (TPSA) is 14.2 Å². The Morgan fingerprint density at radius 3 is 1.85 bits per heavy atom. The van der Waals surface area contributed by atoms with Gasteiger partial charge in [0.25, 0.3) is 0 Å². The van der Waals surface area contributed by atoms with Crippen LogP contribution in [0.1, 0.15) is 0 Å². The number of para-hydroxylation sites is 3. The molecule has 1 atom stereocenters. The molecule has 0 aliphatic carbocycles. The highest BCUT2D eigenvalue weighted by molar-refractivity contribution is 7.60. The van der Waals surface area contributed by atoms with E-state index in [1.54, 1.807) is 0 Å². The normalized spacial score (nSPS) is 15.3. The molecule has 0 radical (unpaired) electrons. The Kier molecular flexibility index (Phi) is 3.17. The first-order valence-electron chi connectivity index (χ1n) is 9.07. The second-order valence-corrected chi connectivity index (χ2v) is 8.33. The molecule has 3 heteroatoms. The van der Waals surface area contributed by atoms with Gasteiger partial charge in [-0.05, 0) is 29.8 Å². The van der Waals surface area contributed by atoms with Gasteiger partial charge in [0.05, 0.1) is 11.0 Å². The largest absolute Gasteiger partial charge is 0.448 e. The quantitative estimate of drug-likeness (QED) is 0.316. The first-order valence-corrected chi connectivity index (χ1v) is 10.3. The summed E-state index contributed by atoms with van der Waals surface area (Å²) in [5, 5.41) is 3.81. The Labute approximate surface area is 158 Å². The maximum absolute atomic E-state index is 6.65. The van der Waals surface area contributed by atoms with Crippen molar-refractivity contribution >= 4 is 35.4 Å².